The molecule has 174 valence electrons. The average Bonchev–Trinajstić information content (AvgIpc) is 3.29. The Balaban J connectivity index is 1.47. The highest BCUT2D eigenvalue weighted by Crippen LogP contribution is 2.52. The minimum absolute atomic E-state index is 0.00839. The van der Waals surface area contributed by atoms with Gasteiger partial charge in [-0.25, -0.2) is 4.79 Å². The number of carbonyl (C=O) groups excluding carboxylic acids is 2. The summed E-state index contributed by atoms with van der Waals surface area (Å²) in [6, 6.07) is 11.7. The number of hydrogen-bond acceptors (Lipinski definition) is 5. The van der Waals surface area contributed by atoms with Crippen molar-refractivity contribution in [1.82, 2.24) is 4.90 Å². The standard InChI is InChI=1S/C25H28N2O5S/c28-22(12-13-23(29)30)26(16-10-11-16)24-18-6-1-2-8-20(18)27(21-9-3-7-19(21)24)25(31)32-15-17-5-4-14-33-17/h1-2,4-6,8,14,16,19,21,24H,3,7,9-13,15H2,(H,29,30). The molecule has 0 radical (unpaired) electrons. The highest BCUT2D eigenvalue weighted by molar-refractivity contribution is 7.09. The van der Waals surface area contributed by atoms with Gasteiger partial charge in [-0.15, -0.1) is 11.3 Å². The van der Waals surface area contributed by atoms with Crippen LogP contribution >= 0.6 is 11.3 Å². The Hall–Kier alpha value is -2.87. The average molecular weight is 469 g/mol. The predicted octanol–water partition coefficient (Wildman–Crippen LogP) is 4.97. The fraction of sp³-hybridized carbons (Fsp3) is 0.480. The predicted molar refractivity (Wildman–Crippen MR) is 124 cm³/mol. The third-order valence-electron chi connectivity index (χ3n) is 6.98. The van der Waals surface area contributed by atoms with Crippen LogP contribution in [0.2, 0.25) is 0 Å². The number of nitrogens with zero attached hydrogens (tertiary/aromatic N) is 2. The van der Waals surface area contributed by atoms with E-state index in [1.807, 2.05) is 51.6 Å². The molecule has 0 spiro atoms. The van der Waals surface area contributed by atoms with Gasteiger partial charge in [0.05, 0.1) is 18.2 Å². The van der Waals surface area contributed by atoms with Crippen LogP contribution in [0.1, 0.15) is 61.4 Å². The molecule has 1 aromatic heterocycles. The maximum atomic E-state index is 13.3. The number of hydrogen-bond donors (Lipinski definition) is 1. The van der Waals surface area contributed by atoms with Gasteiger partial charge >= 0.3 is 12.1 Å². The third-order valence-corrected chi connectivity index (χ3v) is 7.83. The van der Waals surface area contributed by atoms with E-state index in [4.69, 9.17) is 9.84 Å². The Bertz CT molecular complexity index is 1040. The van der Waals surface area contributed by atoms with E-state index < -0.39 is 5.97 Å². The van der Waals surface area contributed by atoms with E-state index >= 15 is 0 Å². The van der Waals surface area contributed by atoms with Gasteiger partial charge in [0.2, 0.25) is 5.91 Å². The number of aliphatic carboxylic acids is 1. The number of thiophene rings is 1. The molecule has 0 saturated heterocycles. The van der Waals surface area contributed by atoms with Crippen molar-refractivity contribution in [2.24, 2.45) is 5.92 Å². The molecule has 1 N–H and O–H groups in total. The molecule has 5 rings (SSSR count). The smallest absolute Gasteiger partial charge is 0.414 e. The molecule has 3 atom stereocenters. The minimum atomic E-state index is -0.957. The monoisotopic (exact) mass is 468 g/mol. The first kappa shape index (κ1) is 21.9. The van der Waals surface area contributed by atoms with Gasteiger partial charge in [0.15, 0.2) is 0 Å². The van der Waals surface area contributed by atoms with Gasteiger partial charge in [-0.2, -0.15) is 0 Å². The lowest BCUT2D eigenvalue weighted by Gasteiger charge is -2.47. The van der Waals surface area contributed by atoms with Gasteiger partial charge in [0.1, 0.15) is 6.61 Å². The van der Waals surface area contributed by atoms with Crippen molar-refractivity contribution < 1.29 is 24.2 Å². The Morgan fingerprint density at radius 3 is 2.61 bits per heavy atom. The number of rotatable bonds is 7. The zero-order valence-corrected chi connectivity index (χ0v) is 19.2. The summed E-state index contributed by atoms with van der Waals surface area (Å²) >= 11 is 1.56. The number of carboxylic acid groups (broad SMARTS) is 1. The first-order valence-electron chi connectivity index (χ1n) is 11.6. The Morgan fingerprint density at radius 2 is 1.88 bits per heavy atom. The molecular formula is C25H28N2O5S. The van der Waals surface area contributed by atoms with Gasteiger partial charge in [-0.05, 0) is 48.8 Å². The van der Waals surface area contributed by atoms with Crippen molar-refractivity contribution in [2.45, 2.75) is 69.7 Å². The fourth-order valence-electron chi connectivity index (χ4n) is 5.49. The summed E-state index contributed by atoms with van der Waals surface area (Å²) in [4.78, 5) is 42.4. The molecule has 2 heterocycles. The number of carbonyl (C=O) groups is 3. The number of anilines is 1. The van der Waals surface area contributed by atoms with Crippen molar-refractivity contribution in [3.8, 4) is 0 Å². The van der Waals surface area contributed by atoms with Crippen LogP contribution in [0.15, 0.2) is 41.8 Å². The molecule has 1 aliphatic heterocycles. The number of amides is 2. The van der Waals surface area contributed by atoms with Crippen molar-refractivity contribution in [1.29, 1.82) is 0 Å². The van der Waals surface area contributed by atoms with Gasteiger partial charge < -0.3 is 14.7 Å². The first-order chi connectivity index (χ1) is 16.0. The second-order valence-electron chi connectivity index (χ2n) is 9.10. The zero-order chi connectivity index (χ0) is 22.9. The van der Waals surface area contributed by atoms with Crippen LogP contribution in [0.25, 0.3) is 0 Å². The number of fused-ring (bicyclic) bond motifs is 2. The molecule has 2 saturated carbocycles. The maximum absolute atomic E-state index is 13.3. The summed E-state index contributed by atoms with van der Waals surface area (Å²) < 4.78 is 5.71. The van der Waals surface area contributed by atoms with E-state index in [9.17, 15) is 14.4 Å². The summed E-state index contributed by atoms with van der Waals surface area (Å²) in [5.74, 6) is -0.941. The number of ether oxygens (including phenoxy) is 1. The van der Waals surface area contributed by atoms with E-state index in [0.717, 1.165) is 48.2 Å². The Morgan fingerprint density at radius 1 is 1.06 bits per heavy atom. The highest BCUT2D eigenvalue weighted by atomic mass is 32.1. The van der Waals surface area contributed by atoms with E-state index in [0.29, 0.717) is 0 Å². The van der Waals surface area contributed by atoms with Crippen LogP contribution in [-0.2, 0) is 20.9 Å². The molecule has 2 fully saturated rings. The summed E-state index contributed by atoms with van der Waals surface area (Å²) in [6.07, 6.45) is 4.17. The SMILES string of the molecule is O=C(O)CCC(=O)N(C1CC1)C1c2ccccc2N(C(=O)OCc2cccs2)C2CCCC21. The van der Waals surface area contributed by atoms with Crippen LogP contribution < -0.4 is 4.90 Å². The van der Waals surface area contributed by atoms with E-state index in [1.54, 1.807) is 11.3 Å². The Kier molecular flexibility index (Phi) is 6.10. The summed E-state index contributed by atoms with van der Waals surface area (Å²) in [6.45, 7) is 0.248. The second-order valence-corrected chi connectivity index (χ2v) is 10.1. The maximum Gasteiger partial charge on any atom is 0.414 e. The lowest BCUT2D eigenvalue weighted by Crippen LogP contribution is -2.53. The lowest BCUT2D eigenvalue weighted by molar-refractivity contribution is -0.142. The van der Waals surface area contributed by atoms with Gasteiger partial charge in [0.25, 0.3) is 0 Å². The van der Waals surface area contributed by atoms with E-state index in [-0.39, 0.29) is 55.5 Å². The van der Waals surface area contributed by atoms with Crippen molar-refractivity contribution in [3.05, 3.63) is 52.2 Å². The molecule has 2 amide bonds. The topological polar surface area (TPSA) is 87.2 Å². The molecule has 7 nitrogen and oxygen atoms in total. The number of carboxylic acids is 1. The molecule has 1 aromatic carbocycles. The summed E-state index contributed by atoms with van der Waals surface area (Å²) in [7, 11) is 0. The second kappa shape index (κ2) is 9.17. The van der Waals surface area contributed by atoms with E-state index in [1.165, 1.54) is 0 Å². The molecule has 2 aliphatic carbocycles. The van der Waals surface area contributed by atoms with Crippen molar-refractivity contribution in [3.63, 3.8) is 0 Å². The summed E-state index contributed by atoms with van der Waals surface area (Å²) in [5.41, 5.74) is 1.77. The molecule has 0 bridgehead atoms. The van der Waals surface area contributed by atoms with Crippen LogP contribution in [-0.4, -0.2) is 40.1 Å². The quantitative estimate of drug-likeness (QED) is 0.620. The summed E-state index contributed by atoms with van der Waals surface area (Å²) in [5, 5.41) is 11.1. The fourth-order valence-corrected chi connectivity index (χ4v) is 6.11. The molecule has 3 aliphatic rings. The van der Waals surface area contributed by atoms with Gasteiger partial charge in [-0.1, -0.05) is 30.7 Å². The normalized spacial score (nSPS) is 23.5. The molecule has 3 unspecified atom stereocenters. The minimum Gasteiger partial charge on any atom is -0.481 e. The van der Waals surface area contributed by atoms with Crippen molar-refractivity contribution >= 4 is 35.0 Å². The number of benzene rings is 1. The van der Waals surface area contributed by atoms with Crippen LogP contribution in [0, 0.1) is 5.92 Å². The molecular weight excluding hydrogens is 440 g/mol. The molecule has 2 aromatic rings. The van der Waals surface area contributed by atoms with Crippen LogP contribution in [0.3, 0.4) is 0 Å². The molecule has 33 heavy (non-hydrogen) atoms. The lowest BCUT2D eigenvalue weighted by atomic mass is 9.81. The van der Waals surface area contributed by atoms with Crippen LogP contribution in [0.5, 0.6) is 0 Å². The number of para-hydroxylation sites is 1. The largest absolute Gasteiger partial charge is 0.481 e. The van der Waals surface area contributed by atoms with Crippen LogP contribution in [0.4, 0.5) is 10.5 Å². The highest BCUT2D eigenvalue weighted by Gasteiger charge is 2.51. The van der Waals surface area contributed by atoms with Gasteiger partial charge in [0, 0.05) is 29.3 Å². The van der Waals surface area contributed by atoms with E-state index in [2.05, 4.69) is 0 Å². The molecule has 8 heteroatoms. The first-order valence-corrected chi connectivity index (χ1v) is 12.5. The Labute approximate surface area is 196 Å². The van der Waals surface area contributed by atoms with Gasteiger partial charge in [-0.3, -0.25) is 14.5 Å². The van der Waals surface area contributed by atoms with Crippen molar-refractivity contribution in [2.75, 3.05) is 4.90 Å². The third kappa shape index (κ3) is 4.36. The zero-order valence-electron chi connectivity index (χ0n) is 18.4.